The fourth-order valence-electron chi connectivity index (χ4n) is 1.99. The summed E-state index contributed by atoms with van der Waals surface area (Å²) in [4.78, 5) is 0.191. The van der Waals surface area contributed by atoms with E-state index in [1.54, 1.807) is 14.0 Å². The summed E-state index contributed by atoms with van der Waals surface area (Å²) < 4.78 is 32.0. The number of nitrogens with zero attached hydrogens (tertiary/aromatic N) is 2. The number of hydrogen-bond donors (Lipinski definition) is 2. The molecule has 0 radical (unpaired) electrons. The zero-order chi connectivity index (χ0) is 15.3. The largest absolute Gasteiger partial charge is 0.383 e. The summed E-state index contributed by atoms with van der Waals surface area (Å²) >= 11 is 0. The second-order valence-electron chi connectivity index (χ2n) is 5.08. The average molecular weight is 304 g/mol. The van der Waals surface area contributed by atoms with Crippen molar-refractivity contribution in [3.63, 3.8) is 0 Å². The van der Waals surface area contributed by atoms with Gasteiger partial charge in [-0.2, -0.15) is 9.40 Å². The summed E-state index contributed by atoms with van der Waals surface area (Å²) in [5.41, 5.74) is 6.45. The summed E-state index contributed by atoms with van der Waals surface area (Å²) in [6.07, 6.45) is 0. The Labute approximate surface area is 120 Å². The lowest BCUT2D eigenvalue weighted by Gasteiger charge is -2.23. The van der Waals surface area contributed by atoms with Gasteiger partial charge in [0, 0.05) is 26.7 Å². The summed E-state index contributed by atoms with van der Waals surface area (Å²) in [6, 6.07) is 0. The molecule has 0 saturated carbocycles. The minimum Gasteiger partial charge on any atom is -0.383 e. The summed E-state index contributed by atoms with van der Waals surface area (Å²) in [5, 5.41) is 6.65. The van der Waals surface area contributed by atoms with Crippen LogP contribution < -0.4 is 5.73 Å². The first-order valence-electron chi connectivity index (χ1n) is 6.57. The highest BCUT2D eigenvalue weighted by Crippen LogP contribution is 2.22. The van der Waals surface area contributed by atoms with Crippen LogP contribution in [0.15, 0.2) is 4.90 Å². The van der Waals surface area contributed by atoms with Crippen molar-refractivity contribution in [2.24, 2.45) is 11.7 Å². The lowest BCUT2D eigenvalue weighted by atomic mass is 10.2. The van der Waals surface area contributed by atoms with Crippen LogP contribution in [0.1, 0.15) is 25.2 Å². The molecular formula is C12H24N4O3S. The van der Waals surface area contributed by atoms with Gasteiger partial charge in [0.25, 0.3) is 0 Å². The highest BCUT2D eigenvalue weighted by Gasteiger charge is 2.30. The minimum absolute atomic E-state index is 0.0820. The Morgan fingerprint density at radius 1 is 1.45 bits per heavy atom. The number of methoxy groups -OCH3 is 1. The Balaban J connectivity index is 3.17. The normalized spacial score (nSPS) is 12.6. The third-order valence-electron chi connectivity index (χ3n) is 2.87. The van der Waals surface area contributed by atoms with Gasteiger partial charge in [-0.1, -0.05) is 13.8 Å². The van der Waals surface area contributed by atoms with Crippen LogP contribution in [0.25, 0.3) is 0 Å². The first-order chi connectivity index (χ1) is 9.34. The predicted octanol–water partition coefficient (Wildman–Crippen LogP) is 0.470. The van der Waals surface area contributed by atoms with Gasteiger partial charge < -0.3 is 10.5 Å². The van der Waals surface area contributed by atoms with E-state index in [0.717, 1.165) is 0 Å². The molecule has 1 rings (SSSR count). The van der Waals surface area contributed by atoms with Crippen molar-refractivity contribution in [1.82, 2.24) is 14.5 Å². The Morgan fingerprint density at radius 3 is 2.60 bits per heavy atom. The van der Waals surface area contributed by atoms with Crippen molar-refractivity contribution in [3.05, 3.63) is 11.4 Å². The molecule has 8 heteroatoms. The molecule has 1 heterocycles. The Morgan fingerprint density at radius 2 is 2.10 bits per heavy atom. The molecule has 0 amide bonds. The number of aryl methyl sites for hydroxylation is 1. The number of ether oxygens (including phenoxy) is 1. The van der Waals surface area contributed by atoms with Gasteiger partial charge in [0.15, 0.2) is 0 Å². The molecule has 20 heavy (non-hydrogen) atoms. The molecule has 0 bridgehead atoms. The monoisotopic (exact) mass is 304 g/mol. The standard InChI is InChI=1S/C12H24N4O3S/c1-9(2)8-16(5-6-19-4)20(17,18)12-10(3)14-15-11(12)7-13/h9H,5-8,13H2,1-4H3,(H,14,15). The van der Waals surface area contributed by atoms with Gasteiger partial charge in [0.2, 0.25) is 10.0 Å². The third-order valence-corrected chi connectivity index (χ3v) is 4.94. The maximum Gasteiger partial charge on any atom is 0.246 e. The van der Waals surface area contributed by atoms with Crippen LogP contribution in [0.5, 0.6) is 0 Å². The van der Waals surface area contributed by atoms with Crippen molar-refractivity contribution in [2.45, 2.75) is 32.2 Å². The van der Waals surface area contributed by atoms with Crippen molar-refractivity contribution in [1.29, 1.82) is 0 Å². The number of sulfonamides is 1. The number of nitrogens with two attached hydrogens (primary N) is 1. The second kappa shape index (κ2) is 7.16. The van der Waals surface area contributed by atoms with Gasteiger partial charge in [0.1, 0.15) is 4.90 Å². The predicted molar refractivity (Wildman–Crippen MR) is 76.7 cm³/mol. The maximum absolute atomic E-state index is 12.8. The molecule has 1 aromatic heterocycles. The van der Waals surface area contributed by atoms with Crippen molar-refractivity contribution in [3.8, 4) is 0 Å². The number of rotatable bonds is 8. The van der Waals surface area contributed by atoms with Crippen LogP contribution in [0.4, 0.5) is 0 Å². The summed E-state index contributed by atoms with van der Waals surface area (Å²) in [5.74, 6) is 0.218. The molecule has 0 aliphatic carbocycles. The summed E-state index contributed by atoms with van der Waals surface area (Å²) in [6.45, 7) is 6.80. The third kappa shape index (κ3) is 3.78. The first-order valence-corrected chi connectivity index (χ1v) is 8.01. The quantitative estimate of drug-likeness (QED) is 0.727. The van der Waals surface area contributed by atoms with Crippen LogP contribution in [-0.4, -0.2) is 49.7 Å². The number of aromatic nitrogens is 2. The van der Waals surface area contributed by atoms with Crippen LogP contribution in [0.2, 0.25) is 0 Å². The molecule has 0 aliphatic rings. The van der Waals surface area contributed by atoms with Crippen LogP contribution >= 0.6 is 0 Å². The molecule has 1 aromatic rings. The zero-order valence-electron chi connectivity index (χ0n) is 12.5. The molecule has 116 valence electrons. The lowest BCUT2D eigenvalue weighted by Crippen LogP contribution is -2.37. The lowest BCUT2D eigenvalue weighted by molar-refractivity contribution is 0.175. The Kier molecular flexibility index (Phi) is 6.12. The van der Waals surface area contributed by atoms with Crippen LogP contribution in [0.3, 0.4) is 0 Å². The van der Waals surface area contributed by atoms with E-state index in [1.807, 2.05) is 13.8 Å². The van der Waals surface area contributed by atoms with Gasteiger partial charge >= 0.3 is 0 Å². The molecular weight excluding hydrogens is 280 g/mol. The number of hydrogen-bond acceptors (Lipinski definition) is 5. The van der Waals surface area contributed by atoms with Crippen molar-refractivity contribution >= 4 is 10.0 Å². The van der Waals surface area contributed by atoms with Crippen LogP contribution in [0, 0.1) is 12.8 Å². The zero-order valence-corrected chi connectivity index (χ0v) is 13.3. The fraction of sp³-hybridized carbons (Fsp3) is 0.750. The smallest absolute Gasteiger partial charge is 0.246 e. The maximum atomic E-state index is 12.8. The molecule has 0 atom stereocenters. The van der Waals surface area contributed by atoms with E-state index < -0.39 is 10.0 Å². The van der Waals surface area contributed by atoms with E-state index in [0.29, 0.717) is 31.1 Å². The summed E-state index contributed by atoms with van der Waals surface area (Å²) in [7, 11) is -2.07. The van der Waals surface area contributed by atoms with E-state index in [-0.39, 0.29) is 17.4 Å². The fourth-order valence-corrected chi connectivity index (χ4v) is 3.92. The average Bonchev–Trinajstić information content (AvgIpc) is 2.75. The van der Waals surface area contributed by atoms with Crippen molar-refractivity contribution in [2.75, 3.05) is 26.8 Å². The molecule has 3 N–H and O–H groups in total. The highest BCUT2D eigenvalue weighted by atomic mass is 32.2. The van der Waals surface area contributed by atoms with Crippen molar-refractivity contribution < 1.29 is 13.2 Å². The SMILES string of the molecule is COCCN(CC(C)C)S(=O)(=O)c1c(CN)n[nH]c1C. The molecule has 7 nitrogen and oxygen atoms in total. The topological polar surface area (TPSA) is 101 Å². The van der Waals surface area contributed by atoms with E-state index in [9.17, 15) is 8.42 Å². The van der Waals surface area contributed by atoms with Gasteiger partial charge in [-0.15, -0.1) is 0 Å². The molecule has 0 saturated heterocycles. The minimum atomic E-state index is -3.62. The molecule has 0 aromatic carbocycles. The molecule has 0 fully saturated rings. The number of nitrogens with one attached hydrogen (secondary N) is 1. The molecule has 0 spiro atoms. The van der Waals surface area contributed by atoms with Gasteiger partial charge in [-0.25, -0.2) is 8.42 Å². The Hall–Kier alpha value is -0.960. The van der Waals surface area contributed by atoms with E-state index in [2.05, 4.69) is 10.2 Å². The number of H-pyrrole nitrogens is 1. The molecule has 0 aliphatic heterocycles. The van der Waals surface area contributed by atoms with Crippen LogP contribution in [-0.2, 0) is 21.3 Å². The number of aromatic amines is 1. The molecule has 0 unspecified atom stereocenters. The van der Waals surface area contributed by atoms with E-state index in [1.165, 1.54) is 4.31 Å². The first kappa shape index (κ1) is 17.1. The Bertz CT molecular complexity index is 525. The van der Waals surface area contributed by atoms with E-state index in [4.69, 9.17) is 10.5 Å². The second-order valence-corrected chi connectivity index (χ2v) is 6.95. The van der Waals surface area contributed by atoms with Gasteiger partial charge in [0.05, 0.1) is 18.0 Å². The van der Waals surface area contributed by atoms with Gasteiger partial charge in [-0.05, 0) is 12.8 Å². The highest BCUT2D eigenvalue weighted by molar-refractivity contribution is 7.89. The van der Waals surface area contributed by atoms with Gasteiger partial charge in [-0.3, -0.25) is 5.10 Å². The van der Waals surface area contributed by atoms with E-state index >= 15 is 0 Å².